The van der Waals surface area contributed by atoms with Crippen molar-refractivity contribution >= 4 is 23.4 Å². The highest BCUT2D eigenvalue weighted by atomic mass is 16.1. The minimum absolute atomic E-state index is 0.0367. The summed E-state index contributed by atoms with van der Waals surface area (Å²) in [5.41, 5.74) is 0.632. The van der Waals surface area contributed by atoms with Gasteiger partial charge in [-0.15, -0.1) is 0 Å². The molecule has 1 saturated heterocycles. The fourth-order valence-corrected chi connectivity index (χ4v) is 2.47. The van der Waals surface area contributed by atoms with E-state index in [-0.39, 0.29) is 5.91 Å². The first-order chi connectivity index (χ1) is 11.3. The smallest absolute Gasteiger partial charge is 0.225 e. The van der Waals surface area contributed by atoms with Crippen LogP contribution in [0.4, 0.5) is 17.5 Å². The van der Waals surface area contributed by atoms with E-state index in [1.54, 1.807) is 12.4 Å². The second kappa shape index (κ2) is 7.04. The van der Waals surface area contributed by atoms with Crippen LogP contribution in [-0.4, -0.2) is 47.0 Å². The van der Waals surface area contributed by atoms with E-state index in [1.165, 1.54) is 0 Å². The molecule has 3 heterocycles. The van der Waals surface area contributed by atoms with E-state index in [9.17, 15) is 4.79 Å². The van der Waals surface area contributed by atoms with Gasteiger partial charge in [0.05, 0.1) is 18.1 Å². The molecule has 0 atom stereocenters. The van der Waals surface area contributed by atoms with Crippen LogP contribution < -0.4 is 15.1 Å². The number of piperazine rings is 1. The molecular formula is C16H20N6O. The van der Waals surface area contributed by atoms with Gasteiger partial charge in [0, 0.05) is 38.8 Å². The molecule has 7 nitrogen and oxygen atoms in total. The van der Waals surface area contributed by atoms with Crippen LogP contribution >= 0.6 is 0 Å². The standard InChI is InChI=1S/C16H20N6O/c1-2-15(23)20-13-11-18-16(19-12-13)22-9-7-21(8-10-22)14-5-3-4-6-17-14/h3-6,11-12H,2,7-10H2,1H3,(H,20,23). The van der Waals surface area contributed by atoms with Gasteiger partial charge in [0.2, 0.25) is 11.9 Å². The van der Waals surface area contributed by atoms with Gasteiger partial charge in [0.25, 0.3) is 0 Å². The van der Waals surface area contributed by atoms with Crippen molar-refractivity contribution < 1.29 is 4.79 Å². The van der Waals surface area contributed by atoms with Gasteiger partial charge in [-0.05, 0) is 12.1 Å². The van der Waals surface area contributed by atoms with Crippen molar-refractivity contribution in [3.05, 3.63) is 36.8 Å². The number of hydrogen-bond donors (Lipinski definition) is 1. The van der Waals surface area contributed by atoms with Crippen LogP contribution in [0, 0.1) is 0 Å². The first kappa shape index (κ1) is 15.2. The van der Waals surface area contributed by atoms with Crippen molar-refractivity contribution in [2.45, 2.75) is 13.3 Å². The van der Waals surface area contributed by atoms with Crippen LogP contribution in [0.25, 0.3) is 0 Å². The lowest BCUT2D eigenvalue weighted by Gasteiger charge is -2.35. The van der Waals surface area contributed by atoms with E-state index < -0.39 is 0 Å². The topological polar surface area (TPSA) is 74.2 Å². The van der Waals surface area contributed by atoms with Gasteiger partial charge in [0.1, 0.15) is 5.82 Å². The summed E-state index contributed by atoms with van der Waals surface area (Å²) in [5.74, 6) is 1.66. The molecule has 1 aliphatic rings. The molecule has 23 heavy (non-hydrogen) atoms. The van der Waals surface area contributed by atoms with Crippen LogP contribution in [0.5, 0.6) is 0 Å². The van der Waals surface area contributed by atoms with E-state index in [0.29, 0.717) is 18.1 Å². The normalized spacial score (nSPS) is 14.7. The number of nitrogens with zero attached hydrogens (tertiary/aromatic N) is 5. The molecule has 0 unspecified atom stereocenters. The maximum absolute atomic E-state index is 11.4. The largest absolute Gasteiger partial charge is 0.353 e. The Labute approximate surface area is 135 Å². The van der Waals surface area contributed by atoms with Crippen LogP contribution in [0.3, 0.4) is 0 Å². The number of pyridine rings is 1. The highest BCUT2D eigenvalue weighted by Crippen LogP contribution is 2.16. The molecule has 1 amide bonds. The second-order valence-electron chi connectivity index (χ2n) is 5.34. The Balaban J connectivity index is 1.58. The maximum Gasteiger partial charge on any atom is 0.225 e. The van der Waals surface area contributed by atoms with E-state index >= 15 is 0 Å². The van der Waals surface area contributed by atoms with Gasteiger partial charge in [-0.2, -0.15) is 0 Å². The molecule has 1 N–H and O–H groups in total. The average Bonchev–Trinajstić information content (AvgIpc) is 2.63. The lowest BCUT2D eigenvalue weighted by Crippen LogP contribution is -2.47. The van der Waals surface area contributed by atoms with Crippen LogP contribution in [-0.2, 0) is 4.79 Å². The fraction of sp³-hybridized carbons (Fsp3) is 0.375. The highest BCUT2D eigenvalue weighted by molar-refractivity contribution is 5.90. The van der Waals surface area contributed by atoms with Crippen LogP contribution in [0.2, 0.25) is 0 Å². The number of carbonyl (C=O) groups excluding carboxylic acids is 1. The molecule has 2 aromatic heterocycles. The number of carbonyl (C=O) groups is 1. The third kappa shape index (κ3) is 3.74. The Morgan fingerprint density at radius 1 is 1.09 bits per heavy atom. The predicted octanol–water partition coefficient (Wildman–Crippen LogP) is 1.55. The van der Waals surface area contributed by atoms with Gasteiger partial charge in [-0.3, -0.25) is 4.79 Å². The summed E-state index contributed by atoms with van der Waals surface area (Å²) in [6.45, 7) is 5.27. The molecule has 0 spiro atoms. The maximum atomic E-state index is 11.4. The molecule has 0 saturated carbocycles. The van der Waals surface area contributed by atoms with Gasteiger partial charge in [-0.25, -0.2) is 15.0 Å². The molecule has 3 rings (SSSR count). The van der Waals surface area contributed by atoms with Gasteiger partial charge in [0.15, 0.2) is 0 Å². The average molecular weight is 312 g/mol. The Hall–Kier alpha value is -2.70. The Kier molecular flexibility index (Phi) is 4.65. The Morgan fingerprint density at radius 3 is 2.39 bits per heavy atom. The lowest BCUT2D eigenvalue weighted by atomic mass is 10.3. The molecule has 7 heteroatoms. The fourth-order valence-electron chi connectivity index (χ4n) is 2.47. The summed E-state index contributed by atoms with van der Waals surface area (Å²) >= 11 is 0. The summed E-state index contributed by atoms with van der Waals surface area (Å²) in [5, 5.41) is 2.75. The first-order valence-electron chi connectivity index (χ1n) is 7.79. The first-order valence-corrected chi connectivity index (χ1v) is 7.79. The van der Waals surface area contributed by atoms with Crippen molar-refractivity contribution in [2.24, 2.45) is 0 Å². The lowest BCUT2D eigenvalue weighted by molar-refractivity contribution is -0.115. The second-order valence-corrected chi connectivity index (χ2v) is 5.34. The van der Waals surface area contributed by atoms with Gasteiger partial charge in [-0.1, -0.05) is 13.0 Å². The van der Waals surface area contributed by atoms with Gasteiger partial charge >= 0.3 is 0 Å². The monoisotopic (exact) mass is 312 g/mol. The third-order valence-electron chi connectivity index (χ3n) is 3.78. The summed E-state index contributed by atoms with van der Waals surface area (Å²) in [6.07, 6.45) is 5.56. The highest BCUT2D eigenvalue weighted by Gasteiger charge is 2.19. The SMILES string of the molecule is CCC(=O)Nc1cnc(N2CCN(c3ccccn3)CC2)nc1. The summed E-state index contributed by atoms with van der Waals surface area (Å²) in [6, 6.07) is 5.95. The molecule has 1 fully saturated rings. The number of aromatic nitrogens is 3. The third-order valence-corrected chi connectivity index (χ3v) is 3.78. The number of hydrogen-bond acceptors (Lipinski definition) is 6. The quantitative estimate of drug-likeness (QED) is 0.923. The van der Waals surface area contributed by atoms with E-state index in [1.807, 2.05) is 31.3 Å². The molecule has 2 aromatic rings. The van der Waals surface area contributed by atoms with Crippen molar-refractivity contribution in [3.8, 4) is 0 Å². The molecule has 0 bridgehead atoms. The van der Waals surface area contributed by atoms with Crippen molar-refractivity contribution in [3.63, 3.8) is 0 Å². The minimum atomic E-state index is -0.0367. The van der Waals surface area contributed by atoms with Crippen molar-refractivity contribution in [2.75, 3.05) is 41.3 Å². The minimum Gasteiger partial charge on any atom is -0.353 e. The van der Waals surface area contributed by atoms with Crippen LogP contribution in [0.15, 0.2) is 36.8 Å². The van der Waals surface area contributed by atoms with Crippen molar-refractivity contribution in [1.82, 2.24) is 15.0 Å². The number of amides is 1. The molecule has 0 aromatic carbocycles. The Morgan fingerprint density at radius 2 is 1.78 bits per heavy atom. The Bertz CT molecular complexity index is 637. The van der Waals surface area contributed by atoms with E-state index in [0.717, 1.165) is 32.0 Å². The van der Waals surface area contributed by atoms with Crippen LogP contribution in [0.1, 0.15) is 13.3 Å². The molecule has 120 valence electrons. The van der Waals surface area contributed by atoms with E-state index in [4.69, 9.17) is 0 Å². The molecule has 0 radical (unpaired) electrons. The summed E-state index contributed by atoms with van der Waals surface area (Å²) in [7, 11) is 0. The zero-order valence-corrected chi connectivity index (χ0v) is 13.1. The summed E-state index contributed by atoms with van der Waals surface area (Å²) in [4.78, 5) is 28.8. The van der Waals surface area contributed by atoms with Crippen molar-refractivity contribution in [1.29, 1.82) is 0 Å². The molecule has 0 aliphatic carbocycles. The van der Waals surface area contributed by atoms with E-state index in [2.05, 4.69) is 30.1 Å². The number of nitrogens with one attached hydrogen (secondary N) is 1. The predicted molar refractivity (Wildman–Crippen MR) is 89.6 cm³/mol. The molecular weight excluding hydrogens is 292 g/mol. The molecule has 1 aliphatic heterocycles. The number of anilines is 3. The number of rotatable bonds is 4. The zero-order valence-electron chi connectivity index (χ0n) is 13.1. The zero-order chi connectivity index (χ0) is 16.1. The summed E-state index contributed by atoms with van der Waals surface area (Å²) < 4.78 is 0. The van der Waals surface area contributed by atoms with Gasteiger partial charge < -0.3 is 15.1 Å².